The molecular weight excluding hydrogens is 731 g/mol. The van der Waals surface area contributed by atoms with Crippen molar-refractivity contribution in [3.8, 4) is 0 Å². The number of nitrogens with one attached hydrogen (secondary N) is 2. The van der Waals surface area contributed by atoms with E-state index in [1.807, 2.05) is 6.92 Å². The number of nitrogens with zero attached hydrogens (tertiary/aromatic N) is 1. The molecule has 10 nitrogen and oxygen atoms in total. The lowest BCUT2D eigenvalue weighted by Crippen LogP contribution is -2.68. The van der Waals surface area contributed by atoms with E-state index in [4.69, 9.17) is 4.74 Å². The Morgan fingerprint density at radius 2 is 1.52 bits per heavy atom. The van der Waals surface area contributed by atoms with Crippen LogP contribution in [-0.4, -0.2) is 56.8 Å². The minimum absolute atomic E-state index is 0.00421. The van der Waals surface area contributed by atoms with Crippen molar-refractivity contribution < 1.29 is 33.8 Å². The van der Waals surface area contributed by atoms with Gasteiger partial charge in [0.25, 0.3) is 5.91 Å². The summed E-state index contributed by atoms with van der Waals surface area (Å²) in [4.78, 5) is 71.1. The fourth-order valence-corrected chi connectivity index (χ4v) is 14.1. The van der Waals surface area contributed by atoms with Crippen molar-refractivity contribution in [3.05, 3.63) is 40.7 Å². The highest BCUT2D eigenvalue weighted by atomic mass is 16.5. The van der Waals surface area contributed by atoms with Gasteiger partial charge in [-0.2, -0.15) is 0 Å². The minimum Gasteiger partial charge on any atom is -0.481 e. The molecule has 6 aliphatic rings. The Labute approximate surface area is 345 Å². The number of Topliss-reactive ketones (excluding diaryl/α,β-unsaturated/α-hetero) is 1. The molecule has 58 heavy (non-hydrogen) atoms. The zero-order valence-corrected chi connectivity index (χ0v) is 36.8. The van der Waals surface area contributed by atoms with Crippen LogP contribution in [0.1, 0.15) is 162 Å². The van der Waals surface area contributed by atoms with Gasteiger partial charge in [0, 0.05) is 23.7 Å². The molecule has 0 unspecified atom stereocenters. The van der Waals surface area contributed by atoms with Crippen LogP contribution >= 0.6 is 0 Å². The Balaban J connectivity index is 1.12. The van der Waals surface area contributed by atoms with Gasteiger partial charge in [0.05, 0.1) is 22.9 Å². The standard InChI is InChI=1S/C48H69N3O7/c1-27(2)37-33(52)25-48(51-42(57)44(6,7)50-39(53)31-12-11-28(3)49-26-31)24-23-46(9)32(38(37)48)17-18-35-45(8)21-20-36(43(4,5)34(45)19-22-47(35,46)10)58-41(56)30-15-13-29(14-16-30)40(54)55/h11-12,26-27,29-30,32,34-36H,13-25H2,1-10H3,(H,50,53)(H,51,57)(H,54,55)/t29?,30?,32-,34+,35-,36+,45+,46-,47-,48-/m1/s1. The van der Waals surface area contributed by atoms with Crippen LogP contribution < -0.4 is 10.6 Å². The lowest BCUT2D eigenvalue weighted by atomic mass is 9.33. The van der Waals surface area contributed by atoms with Crippen molar-refractivity contribution in [2.75, 3.05) is 0 Å². The van der Waals surface area contributed by atoms with Crippen LogP contribution in [-0.2, 0) is 23.9 Å². The maximum Gasteiger partial charge on any atom is 0.309 e. The van der Waals surface area contributed by atoms with E-state index in [0.29, 0.717) is 49.5 Å². The molecule has 318 valence electrons. The van der Waals surface area contributed by atoms with Crippen LogP contribution in [0.25, 0.3) is 0 Å². The van der Waals surface area contributed by atoms with E-state index in [0.717, 1.165) is 61.8 Å². The third kappa shape index (κ3) is 6.65. The molecule has 8 atom stereocenters. The normalized spacial score (nSPS) is 38.2. The third-order valence-electron chi connectivity index (χ3n) is 17.6. The van der Waals surface area contributed by atoms with Crippen LogP contribution in [0.5, 0.6) is 0 Å². The number of ether oxygens (including phenoxy) is 1. The number of hydrogen-bond acceptors (Lipinski definition) is 7. The van der Waals surface area contributed by atoms with Gasteiger partial charge in [-0.25, -0.2) is 0 Å². The van der Waals surface area contributed by atoms with Crippen molar-refractivity contribution in [1.29, 1.82) is 0 Å². The zero-order chi connectivity index (χ0) is 42.4. The highest BCUT2D eigenvalue weighted by Gasteiger charge is 2.70. The van der Waals surface area contributed by atoms with Crippen molar-refractivity contribution in [1.82, 2.24) is 15.6 Å². The zero-order valence-electron chi connectivity index (χ0n) is 36.8. The molecule has 1 aromatic heterocycles. The number of aliphatic carboxylic acids is 1. The van der Waals surface area contributed by atoms with Crippen LogP contribution in [0, 0.1) is 64.1 Å². The van der Waals surface area contributed by atoms with Gasteiger partial charge in [0.2, 0.25) is 5.91 Å². The molecule has 5 fully saturated rings. The van der Waals surface area contributed by atoms with Crippen molar-refractivity contribution in [2.24, 2.45) is 57.2 Å². The first-order valence-electron chi connectivity index (χ1n) is 22.3. The second-order valence-electron chi connectivity index (χ2n) is 21.7. The largest absolute Gasteiger partial charge is 0.481 e. The van der Waals surface area contributed by atoms with Crippen LogP contribution in [0.3, 0.4) is 0 Å². The molecule has 7 rings (SSSR count). The van der Waals surface area contributed by atoms with Gasteiger partial charge in [0.15, 0.2) is 5.78 Å². The summed E-state index contributed by atoms with van der Waals surface area (Å²) in [5, 5.41) is 15.9. The fourth-order valence-electron chi connectivity index (χ4n) is 14.1. The quantitative estimate of drug-likeness (QED) is 0.221. The van der Waals surface area contributed by atoms with Crippen molar-refractivity contribution >= 4 is 29.5 Å². The number of pyridine rings is 1. The molecule has 0 aliphatic heterocycles. The Morgan fingerprint density at radius 1 is 0.845 bits per heavy atom. The highest BCUT2D eigenvalue weighted by molar-refractivity contribution is 6.03. The Hall–Kier alpha value is -3.56. The number of carbonyl (C=O) groups excluding carboxylic acids is 4. The number of allylic oxidation sites excluding steroid dienone is 1. The first-order valence-corrected chi connectivity index (χ1v) is 22.3. The number of fused-ring (bicyclic) bond motifs is 7. The van der Waals surface area contributed by atoms with Gasteiger partial charge in [0.1, 0.15) is 11.6 Å². The summed E-state index contributed by atoms with van der Waals surface area (Å²) in [6.07, 6.45) is 11.3. The van der Waals surface area contributed by atoms with Crippen molar-refractivity contribution in [2.45, 2.75) is 170 Å². The fraction of sp³-hybridized carbons (Fsp3) is 0.750. The molecule has 0 bridgehead atoms. The van der Waals surface area contributed by atoms with Gasteiger partial charge < -0.3 is 20.5 Å². The molecular formula is C48H69N3O7. The second kappa shape index (κ2) is 14.6. The molecule has 1 aromatic rings. The topological polar surface area (TPSA) is 152 Å². The van der Waals surface area contributed by atoms with E-state index in [2.05, 4.69) is 64.1 Å². The van der Waals surface area contributed by atoms with E-state index >= 15 is 0 Å². The van der Waals surface area contributed by atoms with Gasteiger partial charge >= 0.3 is 11.9 Å². The first kappa shape index (κ1) is 42.6. The van der Waals surface area contributed by atoms with Crippen LogP contribution in [0.15, 0.2) is 29.5 Å². The number of aryl methyl sites for hydroxylation is 1. The first-order chi connectivity index (χ1) is 27.0. The Kier molecular flexibility index (Phi) is 10.7. The molecule has 0 spiro atoms. The number of rotatable bonds is 8. The number of carbonyl (C=O) groups is 5. The summed E-state index contributed by atoms with van der Waals surface area (Å²) in [6.45, 7) is 21.7. The molecule has 0 radical (unpaired) electrons. The maximum atomic E-state index is 14.4. The third-order valence-corrected chi connectivity index (χ3v) is 17.6. The number of esters is 1. The van der Waals surface area contributed by atoms with E-state index < -0.39 is 17.0 Å². The summed E-state index contributed by atoms with van der Waals surface area (Å²) in [6, 6.07) is 3.49. The number of ketones is 1. The monoisotopic (exact) mass is 800 g/mol. The van der Waals surface area contributed by atoms with Gasteiger partial charge in [-0.3, -0.25) is 29.0 Å². The van der Waals surface area contributed by atoms with Gasteiger partial charge in [-0.1, -0.05) is 48.5 Å². The molecule has 0 aromatic carbocycles. The number of carboxylic acid groups (broad SMARTS) is 1. The predicted molar refractivity (Wildman–Crippen MR) is 221 cm³/mol. The molecule has 3 N–H and O–H groups in total. The SMILES string of the molecule is Cc1ccc(C(=O)NC(C)(C)C(=O)N[C@@]23CC[C@]4(C)[C@H](CC[C@@H]5[C@@]6(C)CC[C@H](OC(=O)C7CCC(C(=O)O)CC7)C(C)(C)[C@@H]6CC[C@]54C)C2=C(C(C)C)C(=O)C3)cn1. The molecule has 2 amide bonds. The molecule has 6 aliphatic carbocycles. The molecule has 1 heterocycles. The number of hydrogen-bond donors (Lipinski definition) is 3. The van der Waals surface area contributed by atoms with E-state index in [1.165, 1.54) is 6.20 Å². The smallest absolute Gasteiger partial charge is 0.309 e. The number of carboxylic acids is 1. The summed E-state index contributed by atoms with van der Waals surface area (Å²) < 4.78 is 6.42. The summed E-state index contributed by atoms with van der Waals surface area (Å²) >= 11 is 0. The van der Waals surface area contributed by atoms with Crippen molar-refractivity contribution in [3.63, 3.8) is 0 Å². The summed E-state index contributed by atoms with van der Waals surface area (Å²) in [7, 11) is 0. The summed E-state index contributed by atoms with van der Waals surface area (Å²) in [5.41, 5.74) is 0.956. The average molecular weight is 800 g/mol. The number of amides is 2. The number of aromatic nitrogens is 1. The molecule has 10 heteroatoms. The molecule has 0 saturated heterocycles. The van der Waals surface area contributed by atoms with Gasteiger partial charge in [-0.15, -0.1) is 0 Å². The van der Waals surface area contributed by atoms with E-state index in [9.17, 15) is 29.1 Å². The van der Waals surface area contributed by atoms with Crippen LogP contribution in [0.2, 0.25) is 0 Å². The molecule has 5 saturated carbocycles. The Morgan fingerprint density at radius 3 is 2.14 bits per heavy atom. The van der Waals surface area contributed by atoms with E-state index in [1.54, 1.807) is 26.0 Å². The van der Waals surface area contributed by atoms with Gasteiger partial charge in [-0.05, 0) is 161 Å². The maximum absolute atomic E-state index is 14.4. The average Bonchev–Trinajstić information content (AvgIpc) is 3.44. The Bertz CT molecular complexity index is 1890. The predicted octanol–water partition coefficient (Wildman–Crippen LogP) is 8.55. The highest BCUT2D eigenvalue weighted by Crippen LogP contribution is 2.76. The lowest BCUT2D eigenvalue weighted by Gasteiger charge is -2.72. The lowest BCUT2D eigenvalue weighted by molar-refractivity contribution is -0.233. The second-order valence-corrected chi connectivity index (χ2v) is 21.7. The summed E-state index contributed by atoms with van der Waals surface area (Å²) in [5.74, 6) is -1.02. The van der Waals surface area contributed by atoms with E-state index in [-0.39, 0.29) is 81.4 Å². The minimum atomic E-state index is -1.23. The van der Waals surface area contributed by atoms with Crippen LogP contribution in [0.4, 0.5) is 0 Å².